The van der Waals surface area contributed by atoms with E-state index < -0.39 is 18.0 Å². The summed E-state index contributed by atoms with van der Waals surface area (Å²) < 4.78 is 5.40. The van der Waals surface area contributed by atoms with Crippen molar-refractivity contribution < 1.29 is 19.4 Å². The number of carboxylic acid groups (broad SMARTS) is 1. The third-order valence-electron chi connectivity index (χ3n) is 3.27. The normalized spacial score (nSPS) is 23.9. The van der Waals surface area contributed by atoms with Crippen LogP contribution >= 0.6 is 11.8 Å². The van der Waals surface area contributed by atoms with Crippen molar-refractivity contribution >= 4 is 23.8 Å². The largest absolute Gasteiger partial charge is 0.480 e. The van der Waals surface area contributed by atoms with Gasteiger partial charge in [0, 0.05) is 19.1 Å². The molecule has 1 aliphatic heterocycles. The van der Waals surface area contributed by atoms with Crippen LogP contribution in [0.4, 0.5) is 4.79 Å². The molecule has 0 aromatic heterocycles. The Kier molecular flexibility index (Phi) is 7.01. The van der Waals surface area contributed by atoms with E-state index in [0.717, 1.165) is 13.0 Å². The molecule has 2 amide bonds. The van der Waals surface area contributed by atoms with Gasteiger partial charge in [0.2, 0.25) is 0 Å². The Morgan fingerprint density at radius 2 is 2.26 bits per heavy atom. The van der Waals surface area contributed by atoms with Gasteiger partial charge in [-0.25, -0.2) is 9.59 Å². The zero-order chi connectivity index (χ0) is 14.3. The molecule has 19 heavy (non-hydrogen) atoms. The van der Waals surface area contributed by atoms with Gasteiger partial charge in [0.1, 0.15) is 6.04 Å². The minimum atomic E-state index is -0.998. The fourth-order valence-electron chi connectivity index (χ4n) is 1.97. The molecule has 6 nitrogen and oxygen atoms in total. The molecular formula is C12H22N2O4S. The summed E-state index contributed by atoms with van der Waals surface area (Å²) in [6.07, 6.45) is 3.40. The maximum absolute atomic E-state index is 11.7. The number of carbonyl (C=O) groups is 2. The summed E-state index contributed by atoms with van der Waals surface area (Å²) in [7, 11) is 0. The van der Waals surface area contributed by atoms with Crippen molar-refractivity contribution in [3.05, 3.63) is 0 Å². The summed E-state index contributed by atoms with van der Waals surface area (Å²) in [5, 5.41) is 14.2. The minimum Gasteiger partial charge on any atom is -0.480 e. The Morgan fingerprint density at radius 3 is 2.79 bits per heavy atom. The van der Waals surface area contributed by atoms with Crippen LogP contribution in [-0.4, -0.2) is 54.4 Å². The highest BCUT2D eigenvalue weighted by Crippen LogP contribution is 2.19. The number of nitrogens with one attached hydrogen (secondary N) is 2. The van der Waals surface area contributed by atoms with Gasteiger partial charge in [0.25, 0.3) is 0 Å². The van der Waals surface area contributed by atoms with Gasteiger partial charge in [-0.1, -0.05) is 0 Å². The summed E-state index contributed by atoms with van der Waals surface area (Å²) in [6, 6.07) is -1.25. The predicted octanol–water partition coefficient (Wildman–Crippen LogP) is 0.917. The standard InChI is InChI=1S/C12H22N2O4S/c1-8-9(3-5-18-8)7-13-12(17)14-10(11(15)16)4-6-19-2/h8-10H,3-7H2,1-2H3,(H,15,16)(H2,13,14,17). The molecule has 1 aliphatic rings. The van der Waals surface area contributed by atoms with E-state index in [1.54, 1.807) is 11.8 Å². The highest BCUT2D eigenvalue weighted by Gasteiger charge is 2.25. The summed E-state index contributed by atoms with van der Waals surface area (Å²) in [4.78, 5) is 22.6. The molecule has 3 N–H and O–H groups in total. The van der Waals surface area contributed by atoms with Gasteiger partial charge in [-0.05, 0) is 31.8 Å². The van der Waals surface area contributed by atoms with Crippen LogP contribution in [0.2, 0.25) is 0 Å². The van der Waals surface area contributed by atoms with Crippen LogP contribution in [0.5, 0.6) is 0 Å². The monoisotopic (exact) mass is 290 g/mol. The molecule has 110 valence electrons. The average molecular weight is 290 g/mol. The fraction of sp³-hybridized carbons (Fsp3) is 0.833. The smallest absolute Gasteiger partial charge is 0.326 e. The molecule has 1 rings (SSSR count). The molecule has 1 saturated heterocycles. The number of rotatable bonds is 7. The summed E-state index contributed by atoms with van der Waals surface area (Å²) in [5.41, 5.74) is 0. The van der Waals surface area contributed by atoms with Crippen LogP contribution < -0.4 is 10.6 Å². The first-order chi connectivity index (χ1) is 9.04. The number of thioether (sulfide) groups is 1. The van der Waals surface area contributed by atoms with Crippen LogP contribution in [0.25, 0.3) is 0 Å². The zero-order valence-corrected chi connectivity index (χ0v) is 12.2. The third kappa shape index (κ3) is 5.69. The number of hydrogen-bond acceptors (Lipinski definition) is 4. The summed E-state index contributed by atoms with van der Waals surface area (Å²) in [5.74, 6) is 0.00655. The van der Waals surface area contributed by atoms with E-state index in [1.165, 1.54) is 0 Å². The second-order valence-electron chi connectivity index (χ2n) is 4.65. The van der Waals surface area contributed by atoms with Crippen molar-refractivity contribution in [1.29, 1.82) is 0 Å². The van der Waals surface area contributed by atoms with Crippen LogP contribution in [0.1, 0.15) is 19.8 Å². The molecule has 0 spiro atoms. The molecule has 0 aromatic carbocycles. The summed E-state index contributed by atoms with van der Waals surface area (Å²) in [6.45, 7) is 3.22. The molecule has 0 aliphatic carbocycles. The van der Waals surface area contributed by atoms with E-state index in [1.807, 2.05) is 13.2 Å². The SMILES string of the molecule is CSCCC(NC(=O)NCC1CCOC1C)C(=O)O. The van der Waals surface area contributed by atoms with Crippen molar-refractivity contribution in [3.8, 4) is 0 Å². The number of ether oxygens (including phenoxy) is 1. The summed E-state index contributed by atoms with van der Waals surface area (Å²) >= 11 is 1.56. The van der Waals surface area contributed by atoms with Gasteiger partial charge >= 0.3 is 12.0 Å². The Balaban J connectivity index is 2.29. The minimum absolute atomic E-state index is 0.145. The number of carboxylic acids is 1. The van der Waals surface area contributed by atoms with Gasteiger partial charge in [0.15, 0.2) is 0 Å². The second kappa shape index (κ2) is 8.27. The van der Waals surface area contributed by atoms with Crippen molar-refractivity contribution in [2.75, 3.05) is 25.2 Å². The molecule has 0 aromatic rings. The fourth-order valence-corrected chi connectivity index (χ4v) is 2.44. The van der Waals surface area contributed by atoms with Gasteiger partial charge in [-0.15, -0.1) is 0 Å². The molecule has 3 atom stereocenters. The number of carbonyl (C=O) groups excluding carboxylic acids is 1. The molecule has 0 saturated carbocycles. The van der Waals surface area contributed by atoms with Crippen LogP contribution in [0.3, 0.4) is 0 Å². The lowest BCUT2D eigenvalue weighted by atomic mass is 10.0. The Bertz CT molecular complexity index is 314. The van der Waals surface area contributed by atoms with Crippen molar-refractivity contribution in [2.24, 2.45) is 5.92 Å². The molecule has 0 bridgehead atoms. The average Bonchev–Trinajstić information content (AvgIpc) is 2.77. The quantitative estimate of drug-likeness (QED) is 0.649. The van der Waals surface area contributed by atoms with Gasteiger partial charge in [-0.3, -0.25) is 0 Å². The second-order valence-corrected chi connectivity index (χ2v) is 5.64. The van der Waals surface area contributed by atoms with Crippen molar-refractivity contribution in [1.82, 2.24) is 10.6 Å². The molecular weight excluding hydrogens is 268 g/mol. The van der Waals surface area contributed by atoms with Gasteiger partial charge in [0.05, 0.1) is 6.10 Å². The first-order valence-electron chi connectivity index (χ1n) is 6.42. The topological polar surface area (TPSA) is 87.7 Å². The lowest BCUT2D eigenvalue weighted by Gasteiger charge is -2.17. The Morgan fingerprint density at radius 1 is 1.53 bits per heavy atom. The molecule has 1 fully saturated rings. The van der Waals surface area contributed by atoms with E-state index in [9.17, 15) is 9.59 Å². The van der Waals surface area contributed by atoms with E-state index in [2.05, 4.69) is 10.6 Å². The highest BCUT2D eigenvalue weighted by atomic mass is 32.2. The lowest BCUT2D eigenvalue weighted by Crippen LogP contribution is -2.47. The molecule has 0 radical (unpaired) electrons. The first kappa shape index (κ1) is 16.1. The number of hydrogen-bond donors (Lipinski definition) is 3. The highest BCUT2D eigenvalue weighted by molar-refractivity contribution is 7.98. The first-order valence-corrected chi connectivity index (χ1v) is 7.81. The van der Waals surface area contributed by atoms with E-state index in [4.69, 9.17) is 9.84 Å². The number of amides is 2. The van der Waals surface area contributed by atoms with Crippen LogP contribution in [0, 0.1) is 5.92 Å². The van der Waals surface area contributed by atoms with Gasteiger partial charge < -0.3 is 20.5 Å². The maximum atomic E-state index is 11.7. The van der Waals surface area contributed by atoms with Crippen molar-refractivity contribution in [3.63, 3.8) is 0 Å². The number of urea groups is 1. The predicted molar refractivity (Wildman–Crippen MR) is 74.5 cm³/mol. The van der Waals surface area contributed by atoms with Crippen LogP contribution in [-0.2, 0) is 9.53 Å². The molecule has 1 heterocycles. The maximum Gasteiger partial charge on any atom is 0.326 e. The van der Waals surface area contributed by atoms with E-state index >= 15 is 0 Å². The zero-order valence-electron chi connectivity index (χ0n) is 11.3. The van der Waals surface area contributed by atoms with Gasteiger partial charge in [-0.2, -0.15) is 11.8 Å². The number of aliphatic carboxylic acids is 1. The Labute approximate surface area is 117 Å². The molecule has 3 unspecified atom stereocenters. The van der Waals surface area contributed by atoms with Crippen molar-refractivity contribution in [2.45, 2.75) is 31.9 Å². The van der Waals surface area contributed by atoms with E-state index in [0.29, 0.717) is 24.6 Å². The Hall–Kier alpha value is -0.950. The molecule has 7 heteroatoms. The third-order valence-corrected chi connectivity index (χ3v) is 3.92. The van der Waals surface area contributed by atoms with E-state index in [-0.39, 0.29) is 6.10 Å². The van der Waals surface area contributed by atoms with Crippen LogP contribution in [0.15, 0.2) is 0 Å². The lowest BCUT2D eigenvalue weighted by molar-refractivity contribution is -0.139.